The maximum absolute atomic E-state index is 6.07. The van der Waals surface area contributed by atoms with Crippen molar-refractivity contribution in [2.75, 3.05) is 0 Å². The number of nitrogens with zero attached hydrogens (tertiary/aromatic N) is 2. The summed E-state index contributed by atoms with van der Waals surface area (Å²) in [4.78, 5) is 0. The van der Waals surface area contributed by atoms with E-state index in [4.69, 9.17) is 4.74 Å². The lowest BCUT2D eigenvalue weighted by Crippen LogP contribution is -2.22. The highest BCUT2D eigenvalue weighted by Crippen LogP contribution is 2.29. The van der Waals surface area contributed by atoms with Crippen molar-refractivity contribution in [2.24, 2.45) is 7.05 Å². The number of ether oxygens (including phenoxy) is 1. The fraction of sp³-hybridized carbons (Fsp3) is 0.438. The molecule has 0 bridgehead atoms. The highest BCUT2D eigenvalue weighted by Gasteiger charge is 2.16. The van der Waals surface area contributed by atoms with Gasteiger partial charge in [-0.15, -0.1) is 0 Å². The summed E-state index contributed by atoms with van der Waals surface area (Å²) in [5.41, 5.74) is 3.24. The Morgan fingerprint density at radius 1 is 1.33 bits per heavy atom. The minimum Gasteiger partial charge on any atom is -0.439 e. The predicted molar refractivity (Wildman–Crippen MR) is 88.9 cm³/mol. The zero-order valence-corrected chi connectivity index (χ0v) is 14.8. The van der Waals surface area contributed by atoms with E-state index in [2.05, 4.69) is 40.2 Å². The molecule has 2 aromatic rings. The van der Waals surface area contributed by atoms with E-state index in [1.54, 1.807) is 4.68 Å². The van der Waals surface area contributed by atoms with Crippen LogP contribution in [0.3, 0.4) is 0 Å². The van der Waals surface area contributed by atoms with Crippen LogP contribution < -0.4 is 10.1 Å². The van der Waals surface area contributed by atoms with Gasteiger partial charge in [-0.1, -0.05) is 29.8 Å². The highest BCUT2D eigenvalue weighted by atomic mass is 79.9. The minimum atomic E-state index is 0.424. The first kappa shape index (κ1) is 16.0. The smallest absolute Gasteiger partial charge is 0.222 e. The van der Waals surface area contributed by atoms with Crippen molar-refractivity contribution < 1.29 is 4.74 Å². The topological polar surface area (TPSA) is 39.1 Å². The van der Waals surface area contributed by atoms with Crippen LogP contribution in [-0.4, -0.2) is 15.8 Å². The van der Waals surface area contributed by atoms with E-state index in [-0.39, 0.29) is 0 Å². The number of benzene rings is 1. The molecule has 0 atom stereocenters. The van der Waals surface area contributed by atoms with Gasteiger partial charge < -0.3 is 10.1 Å². The Morgan fingerprint density at radius 2 is 2.05 bits per heavy atom. The second-order valence-electron chi connectivity index (χ2n) is 5.54. The molecule has 2 rings (SSSR count). The van der Waals surface area contributed by atoms with Crippen molar-refractivity contribution in [3.63, 3.8) is 0 Å². The Morgan fingerprint density at radius 3 is 2.67 bits per heavy atom. The lowest BCUT2D eigenvalue weighted by molar-refractivity contribution is 0.422. The monoisotopic (exact) mass is 351 g/mol. The molecule has 1 heterocycles. The van der Waals surface area contributed by atoms with E-state index in [9.17, 15) is 0 Å². The third kappa shape index (κ3) is 3.86. The van der Waals surface area contributed by atoms with Gasteiger partial charge in [0.2, 0.25) is 5.88 Å². The highest BCUT2D eigenvalue weighted by molar-refractivity contribution is 9.10. The summed E-state index contributed by atoms with van der Waals surface area (Å²) in [6.07, 6.45) is 0. The van der Waals surface area contributed by atoms with Crippen molar-refractivity contribution in [1.29, 1.82) is 0 Å². The molecule has 0 aliphatic heterocycles. The number of aromatic nitrogens is 2. The molecule has 1 N–H and O–H groups in total. The van der Waals surface area contributed by atoms with Gasteiger partial charge in [-0.05, 0) is 37.6 Å². The maximum Gasteiger partial charge on any atom is 0.222 e. The largest absolute Gasteiger partial charge is 0.439 e. The van der Waals surface area contributed by atoms with Gasteiger partial charge in [0, 0.05) is 24.1 Å². The van der Waals surface area contributed by atoms with Crippen LogP contribution in [0.25, 0.3) is 0 Å². The summed E-state index contributed by atoms with van der Waals surface area (Å²) in [6.45, 7) is 9.07. The van der Waals surface area contributed by atoms with Crippen molar-refractivity contribution in [3.05, 3.63) is 39.5 Å². The van der Waals surface area contributed by atoms with E-state index >= 15 is 0 Å². The van der Waals surface area contributed by atoms with E-state index in [0.29, 0.717) is 6.04 Å². The van der Waals surface area contributed by atoms with Crippen LogP contribution in [0.2, 0.25) is 0 Å². The fourth-order valence-electron chi connectivity index (χ4n) is 2.11. The van der Waals surface area contributed by atoms with Gasteiger partial charge in [0.1, 0.15) is 5.75 Å². The molecule has 0 aliphatic carbocycles. The summed E-state index contributed by atoms with van der Waals surface area (Å²) in [5, 5.41) is 7.89. The van der Waals surface area contributed by atoms with Gasteiger partial charge in [0.15, 0.2) is 0 Å². The van der Waals surface area contributed by atoms with E-state index < -0.39 is 0 Å². The Bertz CT molecular complexity index is 635. The molecule has 114 valence electrons. The number of aryl methyl sites for hydroxylation is 3. The molecule has 0 fully saturated rings. The second-order valence-corrected chi connectivity index (χ2v) is 6.40. The van der Waals surface area contributed by atoms with Crippen LogP contribution in [0.15, 0.2) is 22.7 Å². The molecule has 1 aromatic carbocycles. The van der Waals surface area contributed by atoms with Gasteiger partial charge in [-0.25, -0.2) is 4.68 Å². The van der Waals surface area contributed by atoms with Crippen molar-refractivity contribution in [2.45, 2.75) is 40.3 Å². The number of halogens is 1. The van der Waals surface area contributed by atoms with Crippen LogP contribution in [0.1, 0.15) is 30.7 Å². The molecule has 1 aromatic heterocycles. The summed E-state index contributed by atoms with van der Waals surface area (Å²) in [5.74, 6) is 1.62. The zero-order chi connectivity index (χ0) is 15.6. The van der Waals surface area contributed by atoms with Gasteiger partial charge in [-0.3, -0.25) is 0 Å². The van der Waals surface area contributed by atoms with Crippen LogP contribution in [0, 0.1) is 13.8 Å². The molecule has 0 aliphatic rings. The van der Waals surface area contributed by atoms with Crippen LogP contribution in [-0.2, 0) is 13.6 Å². The van der Waals surface area contributed by atoms with Crippen LogP contribution >= 0.6 is 15.9 Å². The Balaban J connectivity index is 2.28. The molecule has 0 radical (unpaired) electrons. The summed E-state index contributed by atoms with van der Waals surface area (Å²) in [7, 11) is 1.91. The third-order valence-electron chi connectivity index (χ3n) is 3.32. The number of hydrogen-bond donors (Lipinski definition) is 1. The Kier molecular flexibility index (Phi) is 5.06. The van der Waals surface area contributed by atoms with E-state index in [0.717, 1.165) is 39.5 Å². The normalized spacial score (nSPS) is 11.2. The first-order chi connectivity index (χ1) is 9.88. The summed E-state index contributed by atoms with van der Waals surface area (Å²) >= 11 is 3.51. The molecular formula is C16H22BrN3O. The number of nitrogens with one attached hydrogen (secondary N) is 1. The maximum atomic E-state index is 6.07. The SMILES string of the molecule is Cc1cc(Oc2c(CNC(C)C)c(C)nn2C)ccc1Br. The molecule has 4 nitrogen and oxygen atoms in total. The fourth-order valence-corrected chi connectivity index (χ4v) is 2.36. The van der Waals surface area contributed by atoms with Gasteiger partial charge in [0.25, 0.3) is 0 Å². The zero-order valence-electron chi connectivity index (χ0n) is 13.2. The molecular weight excluding hydrogens is 330 g/mol. The quantitative estimate of drug-likeness (QED) is 0.881. The number of hydrogen-bond acceptors (Lipinski definition) is 3. The molecule has 0 saturated heterocycles. The number of rotatable bonds is 5. The average Bonchev–Trinajstić information content (AvgIpc) is 2.66. The molecule has 0 amide bonds. The Hall–Kier alpha value is -1.33. The first-order valence-corrected chi connectivity index (χ1v) is 7.87. The lowest BCUT2D eigenvalue weighted by Gasteiger charge is -2.12. The summed E-state index contributed by atoms with van der Waals surface area (Å²) < 4.78 is 8.95. The lowest BCUT2D eigenvalue weighted by atomic mass is 10.2. The standard InChI is InChI=1S/C16H22BrN3O/c1-10(2)18-9-14-12(4)19-20(5)16(14)21-13-6-7-15(17)11(3)8-13/h6-8,10,18H,9H2,1-5H3. The van der Waals surface area contributed by atoms with Crippen LogP contribution in [0.5, 0.6) is 11.6 Å². The van der Waals surface area contributed by atoms with Gasteiger partial charge >= 0.3 is 0 Å². The Labute approximate surface area is 134 Å². The van der Waals surface area contributed by atoms with Crippen molar-refractivity contribution in [3.8, 4) is 11.6 Å². The minimum absolute atomic E-state index is 0.424. The average molecular weight is 352 g/mol. The van der Waals surface area contributed by atoms with E-state index in [1.165, 1.54) is 0 Å². The van der Waals surface area contributed by atoms with Gasteiger partial charge in [-0.2, -0.15) is 5.10 Å². The molecule has 0 unspecified atom stereocenters. The molecule has 5 heteroatoms. The third-order valence-corrected chi connectivity index (χ3v) is 4.21. The van der Waals surface area contributed by atoms with E-state index in [1.807, 2.05) is 39.1 Å². The summed E-state index contributed by atoms with van der Waals surface area (Å²) in [6, 6.07) is 6.40. The van der Waals surface area contributed by atoms with Crippen LogP contribution in [0.4, 0.5) is 0 Å². The molecule has 0 saturated carbocycles. The molecule has 0 spiro atoms. The van der Waals surface area contributed by atoms with Crippen molar-refractivity contribution in [1.82, 2.24) is 15.1 Å². The molecule has 21 heavy (non-hydrogen) atoms. The second kappa shape index (κ2) is 6.62. The van der Waals surface area contributed by atoms with Crippen molar-refractivity contribution >= 4 is 15.9 Å². The first-order valence-electron chi connectivity index (χ1n) is 7.08. The predicted octanol–water partition coefficient (Wildman–Crippen LogP) is 4.09. The van der Waals surface area contributed by atoms with Gasteiger partial charge in [0.05, 0.1) is 11.3 Å².